The molecule has 1 aromatic carbocycles. The number of hydrogen-bond donors (Lipinski definition) is 1. The summed E-state index contributed by atoms with van der Waals surface area (Å²) in [4.78, 5) is 29.8. The fraction of sp³-hybridized carbons (Fsp3) is 0.167. The summed E-state index contributed by atoms with van der Waals surface area (Å²) >= 11 is 3.30. The van der Waals surface area contributed by atoms with Crippen molar-refractivity contribution >= 4 is 27.7 Å². The number of benzene rings is 1. The number of nitrogens with zero attached hydrogens (tertiary/aromatic N) is 3. The molecule has 0 saturated heterocycles. The Morgan fingerprint density at radius 1 is 1.26 bits per heavy atom. The minimum atomic E-state index is -0.478. The molecule has 0 saturated carbocycles. The molecule has 1 atom stereocenters. The summed E-state index contributed by atoms with van der Waals surface area (Å²) in [6.45, 7) is 1.73. The van der Waals surface area contributed by atoms with Crippen LogP contribution in [0.3, 0.4) is 0 Å². The van der Waals surface area contributed by atoms with Crippen molar-refractivity contribution in [3.8, 4) is 0 Å². The van der Waals surface area contributed by atoms with E-state index in [1.54, 1.807) is 25.1 Å². The summed E-state index contributed by atoms with van der Waals surface area (Å²) in [5.41, 5.74) is 0.824. The summed E-state index contributed by atoms with van der Waals surface area (Å²) in [7, 11) is 0. The summed E-state index contributed by atoms with van der Waals surface area (Å²) in [6, 6.07) is 4.57. The Labute approximate surface area is 117 Å². The average molecular weight is 321 g/mol. The number of imide groups is 1. The van der Waals surface area contributed by atoms with E-state index in [0.29, 0.717) is 17.0 Å². The Kier molecular flexibility index (Phi) is 2.70. The van der Waals surface area contributed by atoms with Gasteiger partial charge in [-0.3, -0.25) is 19.6 Å². The Bertz CT molecular complexity index is 668. The quantitative estimate of drug-likeness (QED) is 0.857. The summed E-state index contributed by atoms with van der Waals surface area (Å²) in [5.74, 6) is -0.143. The Morgan fingerprint density at radius 3 is 2.68 bits per heavy atom. The predicted octanol–water partition coefficient (Wildman–Crippen LogP) is 1.92. The molecule has 1 aliphatic heterocycles. The zero-order valence-electron chi connectivity index (χ0n) is 9.92. The van der Waals surface area contributed by atoms with Gasteiger partial charge in [0.15, 0.2) is 0 Å². The minimum Gasteiger partial charge on any atom is -0.269 e. The van der Waals surface area contributed by atoms with E-state index in [4.69, 9.17) is 0 Å². The van der Waals surface area contributed by atoms with Crippen LogP contribution in [0, 0.1) is 0 Å². The normalized spacial score (nSPS) is 15.8. The number of nitrogens with one attached hydrogen (secondary N) is 1. The molecule has 0 bridgehead atoms. The van der Waals surface area contributed by atoms with E-state index in [1.165, 1.54) is 11.2 Å². The number of aromatic amines is 1. The lowest BCUT2D eigenvalue weighted by Crippen LogP contribution is -2.33. The Balaban J connectivity index is 2.03. The van der Waals surface area contributed by atoms with E-state index in [2.05, 4.69) is 31.1 Å². The molecule has 19 heavy (non-hydrogen) atoms. The van der Waals surface area contributed by atoms with Crippen molar-refractivity contribution < 1.29 is 9.59 Å². The molecule has 1 aromatic heterocycles. The van der Waals surface area contributed by atoms with Crippen LogP contribution in [-0.2, 0) is 0 Å². The molecule has 1 aliphatic rings. The molecular formula is C12H9BrN4O2. The van der Waals surface area contributed by atoms with Gasteiger partial charge in [0, 0.05) is 4.47 Å². The van der Waals surface area contributed by atoms with Crippen LogP contribution in [0.1, 0.15) is 39.5 Å². The number of rotatable bonds is 2. The molecule has 0 aliphatic carbocycles. The van der Waals surface area contributed by atoms with Gasteiger partial charge >= 0.3 is 0 Å². The lowest BCUT2D eigenvalue weighted by molar-refractivity contribution is 0.0589. The van der Waals surface area contributed by atoms with E-state index < -0.39 is 6.04 Å². The van der Waals surface area contributed by atoms with E-state index in [-0.39, 0.29) is 11.8 Å². The maximum atomic E-state index is 12.3. The summed E-state index contributed by atoms with van der Waals surface area (Å²) < 4.78 is 0.765. The molecule has 0 spiro atoms. The number of H-pyrrole nitrogens is 1. The minimum absolute atomic E-state index is 0.309. The van der Waals surface area contributed by atoms with Crippen molar-refractivity contribution in [1.29, 1.82) is 0 Å². The largest absolute Gasteiger partial charge is 0.269 e. The van der Waals surface area contributed by atoms with Gasteiger partial charge in [-0.1, -0.05) is 15.9 Å². The highest BCUT2D eigenvalue weighted by Gasteiger charge is 2.39. The van der Waals surface area contributed by atoms with Crippen molar-refractivity contribution in [2.24, 2.45) is 0 Å². The predicted molar refractivity (Wildman–Crippen MR) is 69.4 cm³/mol. The van der Waals surface area contributed by atoms with Gasteiger partial charge in [0.2, 0.25) is 0 Å². The first kappa shape index (κ1) is 12.0. The van der Waals surface area contributed by atoms with Gasteiger partial charge in [-0.05, 0) is 25.1 Å². The van der Waals surface area contributed by atoms with Crippen LogP contribution < -0.4 is 0 Å². The van der Waals surface area contributed by atoms with Crippen LogP contribution in [-0.4, -0.2) is 31.9 Å². The number of amides is 2. The first-order valence-electron chi connectivity index (χ1n) is 5.62. The van der Waals surface area contributed by atoms with Crippen LogP contribution in [0.25, 0.3) is 0 Å². The number of aromatic nitrogens is 3. The zero-order valence-corrected chi connectivity index (χ0v) is 11.5. The Hall–Kier alpha value is -2.02. The van der Waals surface area contributed by atoms with Crippen molar-refractivity contribution in [2.75, 3.05) is 0 Å². The Morgan fingerprint density at radius 2 is 2.00 bits per heavy atom. The molecule has 1 N–H and O–H groups in total. The SMILES string of the molecule is CC(c1ncn[nH]1)N1C(=O)c2ccc(Br)cc2C1=O. The van der Waals surface area contributed by atoms with Crippen molar-refractivity contribution in [3.05, 3.63) is 46.0 Å². The van der Waals surface area contributed by atoms with Gasteiger partial charge in [0.25, 0.3) is 11.8 Å². The lowest BCUT2D eigenvalue weighted by Gasteiger charge is -2.19. The van der Waals surface area contributed by atoms with Crippen molar-refractivity contribution in [2.45, 2.75) is 13.0 Å². The molecule has 0 radical (unpaired) electrons. The van der Waals surface area contributed by atoms with Gasteiger partial charge in [-0.25, -0.2) is 4.98 Å². The van der Waals surface area contributed by atoms with Crippen molar-refractivity contribution in [1.82, 2.24) is 20.1 Å². The summed E-state index contributed by atoms with van der Waals surface area (Å²) in [5, 5.41) is 6.41. The summed E-state index contributed by atoms with van der Waals surface area (Å²) in [6.07, 6.45) is 1.35. The molecule has 6 nitrogen and oxygen atoms in total. The van der Waals surface area contributed by atoms with E-state index in [1.807, 2.05) is 0 Å². The van der Waals surface area contributed by atoms with Gasteiger partial charge in [-0.2, -0.15) is 5.10 Å². The molecule has 2 aromatic rings. The third-order valence-electron chi connectivity index (χ3n) is 3.10. The number of carbonyl (C=O) groups excluding carboxylic acids is 2. The number of fused-ring (bicyclic) bond motifs is 1. The van der Waals surface area contributed by atoms with Gasteiger partial charge in [0.05, 0.1) is 17.2 Å². The second kappa shape index (κ2) is 4.27. The lowest BCUT2D eigenvalue weighted by atomic mass is 10.1. The second-order valence-corrected chi connectivity index (χ2v) is 5.13. The molecular weight excluding hydrogens is 312 g/mol. The van der Waals surface area contributed by atoms with Gasteiger partial charge in [-0.15, -0.1) is 0 Å². The number of carbonyl (C=O) groups is 2. The van der Waals surface area contributed by atoms with Gasteiger partial charge in [0.1, 0.15) is 12.2 Å². The van der Waals surface area contributed by atoms with Crippen LogP contribution in [0.5, 0.6) is 0 Å². The monoisotopic (exact) mass is 320 g/mol. The molecule has 2 amide bonds. The average Bonchev–Trinajstić information content (AvgIpc) is 2.98. The highest BCUT2D eigenvalue weighted by atomic mass is 79.9. The van der Waals surface area contributed by atoms with E-state index in [9.17, 15) is 9.59 Å². The molecule has 2 heterocycles. The van der Waals surface area contributed by atoms with Crippen LogP contribution in [0.15, 0.2) is 29.0 Å². The fourth-order valence-electron chi connectivity index (χ4n) is 2.12. The second-order valence-electron chi connectivity index (χ2n) is 4.22. The maximum Gasteiger partial charge on any atom is 0.262 e. The molecule has 0 fully saturated rings. The van der Waals surface area contributed by atoms with Crippen LogP contribution in [0.2, 0.25) is 0 Å². The molecule has 7 heteroatoms. The number of hydrogen-bond acceptors (Lipinski definition) is 4. The fourth-order valence-corrected chi connectivity index (χ4v) is 2.48. The molecule has 96 valence electrons. The third-order valence-corrected chi connectivity index (χ3v) is 3.59. The zero-order chi connectivity index (χ0) is 13.6. The van der Waals surface area contributed by atoms with Crippen LogP contribution >= 0.6 is 15.9 Å². The molecule has 1 unspecified atom stereocenters. The van der Waals surface area contributed by atoms with Gasteiger partial charge < -0.3 is 0 Å². The van der Waals surface area contributed by atoms with Crippen LogP contribution in [0.4, 0.5) is 0 Å². The van der Waals surface area contributed by atoms with Crippen molar-refractivity contribution in [3.63, 3.8) is 0 Å². The van der Waals surface area contributed by atoms with E-state index in [0.717, 1.165) is 4.47 Å². The first-order valence-corrected chi connectivity index (χ1v) is 6.41. The standard InChI is InChI=1S/C12H9BrN4O2/c1-6(10-14-5-15-16-10)17-11(18)8-3-2-7(13)4-9(8)12(17)19/h2-6H,1H3,(H,14,15,16). The number of halogens is 1. The smallest absolute Gasteiger partial charge is 0.262 e. The topological polar surface area (TPSA) is 79.0 Å². The maximum absolute atomic E-state index is 12.3. The van der Waals surface area contributed by atoms with E-state index >= 15 is 0 Å². The highest BCUT2D eigenvalue weighted by molar-refractivity contribution is 9.10. The first-order chi connectivity index (χ1) is 9.09. The third kappa shape index (κ3) is 1.77. The molecule has 3 rings (SSSR count). The highest BCUT2D eigenvalue weighted by Crippen LogP contribution is 2.31.